The maximum atomic E-state index is 12.8. The van der Waals surface area contributed by atoms with E-state index in [1.807, 2.05) is 37.3 Å². The van der Waals surface area contributed by atoms with Crippen LogP contribution in [0.3, 0.4) is 0 Å². The molecule has 6 heteroatoms. The van der Waals surface area contributed by atoms with E-state index in [1.54, 1.807) is 49.6 Å². The molecule has 0 bridgehead atoms. The van der Waals surface area contributed by atoms with Gasteiger partial charge in [0.1, 0.15) is 5.75 Å². The fourth-order valence-electron chi connectivity index (χ4n) is 3.12. The first kappa shape index (κ1) is 21.4. The highest BCUT2D eigenvalue weighted by molar-refractivity contribution is 6.34. The van der Waals surface area contributed by atoms with Crippen LogP contribution >= 0.6 is 11.6 Å². The number of nitrogens with one attached hydrogen (secondary N) is 2. The standard InChI is InChI=1S/C24H23ClN2O3/c1-3-20(16-7-5-4-6-8-16)24(29)27-22-15-17(9-14-21(22)25)23(28)26-18-10-12-19(30-2)13-11-18/h4-15,20H,3H2,1-2H3,(H,26,28)(H,27,29)/t20-/m1/s1. The number of carbonyl (C=O) groups excluding carboxylic acids is 2. The van der Waals surface area contributed by atoms with Crippen molar-refractivity contribution in [2.45, 2.75) is 19.3 Å². The Balaban J connectivity index is 1.75. The number of methoxy groups -OCH3 is 1. The highest BCUT2D eigenvalue weighted by Crippen LogP contribution is 2.27. The summed E-state index contributed by atoms with van der Waals surface area (Å²) in [5, 5.41) is 6.05. The van der Waals surface area contributed by atoms with Crippen molar-refractivity contribution in [3.05, 3.63) is 88.9 Å². The second-order valence-corrected chi connectivity index (χ2v) is 7.15. The molecule has 0 saturated heterocycles. The molecule has 3 rings (SSSR count). The van der Waals surface area contributed by atoms with Gasteiger partial charge in [-0.1, -0.05) is 48.9 Å². The van der Waals surface area contributed by atoms with Gasteiger partial charge in [0.25, 0.3) is 5.91 Å². The summed E-state index contributed by atoms with van der Waals surface area (Å²) in [7, 11) is 1.58. The van der Waals surface area contributed by atoms with E-state index in [1.165, 1.54) is 0 Å². The number of hydrogen-bond acceptors (Lipinski definition) is 3. The second-order valence-electron chi connectivity index (χ2n) is 6.74. The summed E-state index contributed by atoms with van der Waals surface area (Å²) in [6.45, 7) is 1.96. The van der Waals surface area contributed by atoms with Crippen LogP contribution in [0.1, 0.15) is 35.2 Å². The van der Waals surface area contributed by atoms with E-state index < -0.39 is 0 Å². The molecule has 30 heavy (non-hydrogen) atoms. The molecule has 0 aliphatic carbocycles. The molecular weight excluding hydrogens is 400 g/mol. The maximum Gasteiger partial charge on any atom is 0.255 e. The van der Waals surface area contributed by atoms with Crippen molar-refractivity contribution in [3.8, 4) is 5.75 Å². The van der Waals surface area contributed by atoms with Crippen molar-refractivity contribution in [1.29, 1.82) is 0 Å². The number of ether oxygens (including phenoxy) is 1. The van der Waals surface area contributed by atoms with E-state index >= 15 is 0 Å². The normalized spacial score (nSPS) is 11.4. The largest absolute Gasteiger partial charge is 0.497 e. The first-order chi connectivity index (χ1) is 14.5. The van der Waals surface area contributed by atoms with Gasteiger partial charge in [-0.2, -0.15) is 0 Å². The number of amides is 2. The summed E-state index contributed by atoms with van der Waals surface area (Å²) in [6.07, 6.45) is 0.644. The summed E-state index contributed by atoms with van der Waals surface area (Å²) in [4.78, 5) is 25.5. The molecule has 5 nitrogen and oxygen atoms in total. The average Bonchev–Trinajstić information content (AvgIpc) is 2.77. The number of rotatable bonds is 7. The summed E-state index contributed by atoms with van der Waals surface area (Å²) >= 11 is 6.27. The second kappa shape index (κ2) is 9.94. The van der Waals surface area contributed by atoms with Gasteiger partial charge >= 0.3 is 0 Å². The molecule has 3 aromatic rings. The Morgan fingerprint density at radius 2 is 1.67 bits per heavy atom. The van der Waals surface area contributed by atoms with Crippen LogP contribution in [0.5, 0.6) is 5.75 Å². The Morgan fingerprint density at radius 3 is 2.30 bits per heavy atom. The maximum absolute atomic E-state index is 12.8. The van der Waals surface area contributed by atoms with Crippen LogP contribution in [0.15, 0.2) is 72.8 Å². The zero-order valence-corrected chi connectivity index (χ0v) is 17.6. The van der Waals surface area contributed by atoms with Gasteiger partial charge in [-0.3, -0.25) is 9.59 Å². The van der Waals surface area contributed by atoms with Crippen LogP contribution in [0.2, 0.25) is 5.02 Å². The SMILES string of the molecule is CC[C@@H](C(=O)Nc1cc(C(=O)Nc2ccc(OC)cc2)ccc1Cl)c1ccccc1. The molecule has 2 amide bonds. The van der Waals surface area contributed by atoms with Crippen molar-refractivity contribution < 1.29 is 14.3 Å². The van der Waals surface area contributed by atoms with Crippen molar-refractivity contribution in [3.63, 3.8) is 0 Å². The minimum Gasteiger partial charge on any atom is -0.497 e. The van der Waals surface area contributed by atoms with Gasteiger partial charge in [0.15, 0.2) is 0 Å². The molecule has 0 saturated carbocycles. The molecule has 154 valence electrons. The van der Waals surface area contributed by atoms with E-state index in [0.29, 0.717) is 34.1 Å². The third kappa shape index (κ3) is 5.19. The van der Waals surface area contributed by atoms with E-state index in [2.05, 4.69) is 10.6 Å². The van der Waals surface area contributed by atoms with Gasteiger partial charge in [0.2, 0.25) is 5.91 Å². The smallest absolute Gasteiger partial charge is 0.255 e. The minimum atomic E-state index is -0.306. The van der Waals surface area contributed by atoms with Gasteiger partial charge in [0.05, 0.1) is 23.7 Å². The number of halogens is 1. The molecule has 0 heterocycles. The number of hydrogen-bond donors (Lipinski definition) is 2. The lowest BCUT2D eigenvalue weighted by molar-refractivity contribution is -0.117. The van der Waals surface area contributed by atoms with E-state index in [9.17, 15) is 9.59 Å². The molecule has 2 N–H and O–H groups in total. The zero-order valence-electron chi connectivity index (χ0n) is 16.8. The van der Waals surface area contributed by atoms with E-state index in [0.717, 1.165) is 5.56 Å². The predicted molar refractivity (Wildman–Crippen MR) is 121 cm³/mol. The van der Waals surface area contributed by atoms with Gasteiger partial charge < -0.3 is 15.4 Å². The van der Waals surface area contributed by atoms with Crippen LogP contribution in [0.25, 0.3) is 0 Å². The number of carbonyl (C=O) groups is 2. The monoisotopic (exact) mass is 422 g/mol. The van der Waals surface area contributed by atoms with Crippen molar-refractivity contribution >= 4 is 34.8 Å². The van der Waals surface area contributed by atoms with Crippen molar-refractivity contribution in [2.24, 2.45) is 0 Å². The number of benzene rings is 3. The lowest BCUT2D eigenvalue weighted by atomic mass is 9.95. The summed E-state index contributed by atoms with van der Waals surface area (Å²) in [5.41, 5.74) is 2.36. The molecule has 0 fully saturated rings. The minimum absolute atomic E-state index is 0.168. The van der Waals surface area contributed by atoms with Gasteiger partial charge in [-0.05, 0) is 54.4 Å². The highest BCUT2D eigenvalue weighted by Gasteiger charge is 2.20. The van der Waals surface area contributed by atoms with Crippen LogP contribution in [-0.4, -0.2) is 18.9 Å². The topological polar surface area (TPSA) is 67.4 Å². The van der Waals surface area contributed by atoms with Gasteiger partial charge in [0, 0.05) is 11.3 Å². The number of anilines is 2. The quantitative estimate of drug-likeness (QED) is 0.510. The molecule has 1 atom stereocenters. The molecule has 3 aromatic carbocycles. The van der Waals surface area contributed by atoms with Crippen molar-refractivity contribution in [1.82, 2.24) is 0 Å². The Bertz CT molecular complexity index is 1020. The van der Waals surface area contributed by atoms with Crippen LogP contribution in [0.4, 0.5) is 11.4 Å². The molecule has 0 radical (unpaired) electrons. The lowest BCUT2D eigenvalue weighted by Gasteiger charge is -2.16. The summed E-state index contributed by atoms with van der Waals surface area (Å²) in [6, 6.07) is 21.4. The first-order valence-corrected chi connectivity index (χ1v) is 10.0. The summed E-state index contributed by atoms with van der Waals surface area (Å²) in [5.74, 6) is -0.0758. The fraction of sp³-hybridized carbons (Fsp3) is 0.167. The molecular formula is C24H23ClN2O3. The van der Waals surface area contributed by atoms with Gasteiger partial charge in [-0.25, -0.2) is 0 Å². The molecule has 0 spiro atoms. The third-order valence-corrected chi connectivity index (χ3v) is 5.09. The van der Waals surface area contributed by atoms with Gasteiger partial charge in [-0.15, -0.1) is 0 Å². The molecule has 0 aliphatic heterocycles. The zero-order chi connectivity index (χ0) is 21.5. The van der Waals surface area contributed by atoms with Crippen LogP contribution < -0.4 is 15.4 Å². The Kier molecular flexibility index (Phi) is 7.09. The Labute approximate surface area is 181 Å². The van der Waals surface area contributed by atoms with Crippen LogP contribution in [-0.2, 0) is 4.79 Å². The first-order valence-electron chi connectivity index (χ1n) is 9.62. The lowest BCUT2D eigenvalue weighted by Crippen LogP contribution is -2.21. The molecule has 0 aliphatic rings. The Hall–Kier alpha value is -3.31. The average molecular weight is 423 g/mol. The van der Waals surface area contributed by atoms with Crippen molar-refractivity contribution in [2.75, 3.05) is 17.7 Å². The molecule has 0 unspecified atom stereocenters. The summed E-state index contributed by atoms with van der Waals surface area (Å²) < 4.78 is 5.12. The highest BCUT2D eigenvalue weighted by atomic mass is 35.5. The van der Waals surface area contributed by atoms with E-state index in [4.69, 9.17) is 16.3 Å². The predicted octanol–water partition coefficient (Wildman–Crippen LogP) is 5.73. The Morgan fingerprint density at radius 1 is 0.967 bits per heavy atom. The third-order valence-electron chi connectivity index (χ3n) is 4.76. The fourth-order valence-corrected chi connectivity index (χ4v) is 3.28. The molecule has 0 aromatic heterocycles. The van der Waals surface area contributed by atoms with Crippen LogP contribution in [0, 0.1) is 0 Å². The van der Waals surface area contributed by atoms with E-state index in [-0.39, 0.29) is 17.7 Å².